The van der Waals surface area contributed by atoms with Gasteiger partial charge in [0.2, 0.25) is 10.0 Å². The highest BCUT2D eigenvalue weighted by molar-refractivity contribution is 7.89. The fourth-order valence-corrected chi connectivity index (χ4v) is 6.54. The molecule has 3 atom stereocenters. The van der Waals surface area contributed by atoms with E-state index in [0.29, 0.717) is 31.2 Å². The van der Waals surface area contributed by atoms with Gasteiger partial charge in [-0.25, -0.2) is 8.42 Å². The van der Waals surface area contributed by atoms with Crippen LogP contribution in [-0.4, -0.2) is 55.4 Å². The molecule has 3 aromatic carbocycles. The first-order chi connectivity index (χ1) is 19.1. The molecule has 1 aliphatic heterocycles. The summed E-state index contributed by atoms with van der Waals surface area (Å²) in [6.07, 6.45) is -2.78. The summed E-state index contributed by atoms with van der Waals surface area (Å²) in [6, 6.07) is 15.9. The molecule has 0 aliphatic carbocycles. The number of aliphatic carboxylic acids is 1. The highest BCUT2D eigenvalue weighted by Crippen LogP contribution is 2.43. The number of rotatable bonds is 7. The summed E-state index contributed by atoms with van der Waals surface area (Å²) in [5.74, 6) is -2.24. The molecule has 0 fully saturated rings. The number of nitrogens with zero attached hydrogens (tertiary/aromatic N) is 2. The number of benzene rings is 3. The lowest BCUT2D eigenvalue weighted by Gasteiger charge is -2.34. The Kier molecular flexibility index (Phi) is 8.87. The van der Waals surface area contributed by atoms with Crippen LogP contribution in [0.1, 0.15) is 43.6 Å². The van der Waals surface area contributed by atoms with Gasteiger partial charge in [-0.15, -0.1) is 0 Å². The van der Waals surface area contributed by atoms with E-state index >= 15 is 0 Å². The predicted molar refractivity (Wildman–Crippen MR) is 159 cm³/mol. The van der Waals surface area contributed by atoms with Crippen LogP contribution in [0.4, 0.5) is 5.69 Å². The lowest BCUT2D eigenvalue weighted by Crippen LogP contribution is -2.57. The molecule has 0 radical (unpaired) electrons. The number of aryl methyl sites for hydroxylation is 1. The number of carbonyl (C=O) groups is 2. The van der Waals surface area contributed by atoms with E-state index in [1.807, 2.05) is 20.8 Å². The Morgan fingerprint density at radius 3 is 2.27 bits per heavy atom. The normalized spacial score (nSPS) is 18.6. The molecule has 0 saturated carbocycles. The van der Waals surface area contributed by atoms with Crippen LogP contribution in [0, 0.1) is 12.3 Å². The van der Waals surface area contributed by atoms with Gasteiger partial charge in [0.05, 0.1) is 4.90 Å². The smallest absolute Gasteiger partial charge is 0.325 e. The molecular weight excluding hydrogens is 587 g/mol. The first-order valence-corrected chi connectivity index (χ1v) is 15.1. The highest BCUT2D eigenvalue weighted by Gasteiger charge is 2.48. The van der Waals surface area contributed by atoms with E-state index in [9.17, 15) is 23.1 Å². The van der Waals surface area contributed by atoms with Gasteiger partial charge in [-0.2, -0.15) is 4.31 Å². The molecule has 3 aromatic rings. The SMILES string of the molecule is Cc1ccc(S(=O)(=O)N(C)C(C(=O)O)C2OC(c3ccccc3Cl)c3cc(Cl)ccc3N(CC(C)(C)C)C2=O)cc1. The van der Waals surface area contributed by atoms with Crippen molar-refractivity contribution in [1.82, 2.24) is 4.31 Å². The van der Waals surface area contributed by atoms with Gasteiger partial charge >= 0.3 is 5.97 Å². The Labute approximate surface area is 250 Å². The van der Waals surface area contributed by atoms with Crippen molar-refractivity contribution in [2.75, 3.05) is 18.5 Å². The average molecular weight is 620 g/mol. The number of carboxylic acids is 1. The van der Waals surface area contributed by atoms with Crippen molar-refractivity contribution in [2.45, 2.75) is 50.8 Å². The van der Waals surface area contributed by atoms with Crippen LogP contribution >= 0.6 is 23.2 Å². The molecule has 8 nitrogen and oxygen atoms in total. The Balaban J connectivity index is 1.93. The van der Waals surface area contributed by atoms with E-state index in [4.69, 9.17) is 27.9 Å². The zero-order chi connectivity index (χ0) is 30.3. The van der Waals surface area contributed by atoms with Gasteiger partial charge in [0.1, 0.15) is 6.10 Å². The predicted octanol–water partition coefficient (Wildman–Crippen LogP) is 5.94. The lowest BCUT2D eigenvalue weighted by atomic mass is 9.94. The molecule has 0 saturated heterocycles. The Morgan fingerprint density at radius 2 is 1.68 bits per heavy atom. The van der Waals surface area contributed by atoms with E-state index in [2.05, 4.69) is 0 Å². The molecule has 1 amide bonds. The van der Waals surface area contributed by atoms with Gasteiger partial charge in [0.25, 0.3) is 5.91 Å². The second kappa shape index (κ2) is 11.7. The Morgan fingerprint density at radius 1 is 1.05 bits per heavy atom. The van der Waals surface area contributed by atoms with Crippen molar-refractivity contribution >= 4 is 50.8 Å². The van der Waals surface area contributed by atoms with E-state index in [-0.39, 0.29) is 11.4 Å². The number of hydrogen-bond acceptors (Lipinski definition) is 5. The van der Waals surface area contributed by atoms with Gasteiger partial charge < -0.3 is 14.7 Å². The number of amides is 1. The summed E-state index contributed by atoms with van der Waals surface area (Å²) >= 11 is 13.0. The van der Waals surface area contributed by atoms with Crippen LogP contribution < -0.4 is 4.90 Å². The minimum absolute atomic E-state index is 0.109. The zero-order valence-electron chi connectivity index (χ0n) is 23.3. The first-order valence-electron chi connectivity index (χ1n) is 12.9. The molecule has 0 aromatic heterocycles. The number of halogens is 2. The molecule has 4 rings (SSSR count). The molecule has 218 valence electrons. The standard InChI is InChI=1S/C30H32Cl2N2O6S/c1-18-10-13-20(14-11-18)41(38,39)33(5)25(29(36)37)27-28(35)34(17-30(2,3)4)24-15-12-19(31)16-22(24)26(40-27)21-8-6-7-9-23(21)32/h6-16,25-27H,17H2,1-5H3,(H,36,37). The second-order valence-electron chi connectivity index (χ2n) is 11.3. The Hall–Kier alpha value is -2.95. The fourth-order valence-electron chi connectivity index (χ4n) is 4.81. The third-order valence-electron chi connectivity index (χ3n) is 6.80. The van der Waals surface area contributed by atoms with Gasteiger partial charge in [-0.05, 0) is 48.7 Å². The molecule has 41 heavy (non-hydrogen) atoms. The summed E-state index contributed by atoms with van der Waals surface area (Å²) in [6.45, 7) is 7.80. The number of sulfonamides is 1. The molecule has 11 heteroatoms. The molecule has 3 unspecified atom stereocenters. The maximum absolute atomic E-state index is 14.3. The molecule has 0 spiro atoms. The third kappa shape index (κ3) is 6.44. The number of likely N-dealkylation sites (N-methyl/N-ethyl adjacent to an activating group) is 1. The number of carbonyl (C=O) groups excluding carboxylic acids is 1. The van der Waals surface area contributed by atoms with E-state index in [1.165, 1.54) is 17.0 Å². The van der Waals surface area contributed by atoms with Crippen LogP contribution in [-0.2, 0) is 24.3 Å². The zero-order valence-corrected chi connectivity index (χ0v) is 25.7. The highest BCUT2D eigenvalue weighted by atomic mass is 35.5. The summed E-state index contributed by atoms with van der Waals surface area (Å²) < 4.78 is 34.4. The van der Waals surface area contributed by atoms with Crippen molar-refractivity contribution in [3.05, 3.63) is 93.5 Å². The van der Waals surface area contributed by atoms with Crippen LogP contribution in [0.15, 0.2) is 71.6 Å². The monoisotopic (exact) mass is 618 g/mol. The van der Waals surface area contributed by atoms with Crippen LogP contribution in [0.5, 0.6) is 0 Å². The van der Waals surface area contributed by atoms with Crippen LogP contribution in [0.2, 0.25) is 10.0 Å². The van der Waals surface area contributed by atoms with Gasteiger partial charge in [-0.1, -0.05) is 79.9 Å². The van der Waals surface area contributed by atoms with Gasteiger partial charge in [-0.3, -0.25) is 9.59 Å². The average Bonchev–Trinajstić information content (AvgIpc) is 2.99. The summed E-state index contributed by atoms with van der Waals surface area (Å²) in [5, 5.41) is 11.1. The number of anilines is 1. The number of carboxylic acid groups (broad SMARTS) is 1. The van der Waals surface area contributed by atoms with E-state index < -0.39 is 45.6 Å². The van der Waals surface area contributed by atoms with Crippen LogP contribution in [0.25, 0.3) is 0 Å². The maximum Gasteiger partial charge on any atom is 0.325 e. The second-order valence-corrected chi connectivity index (χ2v) is 14.1. The number of fused-ring (bicyclic) bond motifs is 1. The fraction of sp³-hybridized carbons (Fsp3) is 0.333. The topological polar surface area (TPSA) is 104 Å². The number of hydrogen-bond donors (Lipinski definition) is 1. The van der Waals surface area contributed by atoms with Gasteiger partial charge in [0, 0.05) is 40.5 Å². The molecule has 1 N–H and O–H groups in total. The molecule has 1 aliphatic rings. The number of ether oxygens (including phenoxy) is 1. The minimum atomic E-state index is -4.35. The third-order valence-corrected chi connectivity index (χ3v) is 9.24. The quantitative estimate of drug-likeness (QED) is 0.351. The van der Waals surface area contributed by atoms with Crippen molar-refractivity contribution in [3.8, 4) is 0 Å². The summed E-state index contributed by atoms with van der Waals surface area (Å²) in [7, 11) is -3.21. The minimum Gasteiger partial charge on any atom is -0.480 e. The molecular formula is C30H32Cl2N2O6S. The summed E-state index contributed by atoms with van der Waals surface area (Å²) in [5.41, 5.74) is 1.86. The Bertz CT molecular complexity index is 1570. The largest absolute Gasteiger partial charge is 0.480 e. The van der Waals surface area contributed by atoms with E-state index in [1.54, 1.807) is 61.5 Å². The van der Waals surface area contributed by atoms with Gasteiger partial charge in [0.15, 0.2) is 12.1 Å². The molecule has 1 heterocycles. The molecule has 0 bridgehead atoms. The van der Waals surface area contributed by atoms with Crippen molar-refractivity contribution < 1.29 is 27.9 Å². The lowest BCUT2D eigenvalue weighted by molar-refractivity contribution is -0.154. The first kappa shape index (κ1) is 31.0. The van der Waals surface area contributed by atoms with Crippen molar-refractivity contribution in [1.29, 1.82) is 0 Å². The van der Waals surface area contributed by atoms with E-state index in [0.717, 1.165) is 12.6 Å². The van der Waals surface area contributed by atoms with Crippen molar-refractivity contribution in [3.63, 3.8) is 0 Å². The maximum atomic E-state index is 14.3. The van der Waals surface area contributed by atoms with Crippen molar-refractivity contribution in [2.24, 2.45) is 5.41 Å². The summed E-state index contributed by atoms with van der Waals surface area (Å²) in [4.78, 5) is 28.5. The van der Waals surface area contributed by atoms with Crippen LogP contribution in [0.3, 0.4) is 0 Å².